The van der Waals surface area contributed by atoms with Crippen LogP contribution in [0.1, 0.15) is 24.0 Å². The van der Waals surface area contributed by atoms with Gasteiger partial charge in [0.25, 0.3) is 0 Å². The van der Waals surface area contributed by atoms with Crippen molar-refractivity contribution in [3.05, 3.63) is 29.3 Å². The van der Waals surface area contributed by atoms with Crippen molar-refractivity contribution in [1.29, 1.82) is 0 Å². The van der Waals surface area contributed by atoms with Crippen LogP contribution in [0, 0.1) is 12.8 Å². The molecule has 2 rings (SSSR count). The maximum absolute atomic E-state index is 5.88. The van der Waals surface area contributed by atoms with Crippen LogP contribution in [0.15, 0.2) is 23.2 Å². The summed E-state index contributed by atoms with van der Waals surface area (Å²) in [5.41, 5.74) is 2.29. The Balaban J connectivity index is 1.77. The van der Waals surface area contributed by atoms with Crippen molar-refractivity contribution in [3.63, 3.8) is 0 Å². The van der Waals surface area contributed by atoms with E-state index in [-0.39, 0.29) is 0 Å². The monoisotopic (exact) mass is 406 g/mol. The minimum atomic E-state index is 0.545. The molecule has 2 N–H and O–H groups in total. The van der Waals surface area contributed by atoms with Gasteiger partial charge >= 0.3 is 0 Å². The zero-order chi connectivity index (χ0) is 20.9. The van der Waals surface area contributed by atoms with Crippen molar-refractivity contribution in [2.45, 2.75) is 26.3 Å². The summed E-state index contributed by atoms with van der Waals surface area (Å²) in [6, 6.07) is 6.28. The predicted octanol–water partition coefficient (Wildman–Crippen LogP) is 2.04. The van der Waals surface area contributed by atoms with Gasteiger partial charge in [0.15, 0.2) is 5.96 Å². The number of piperidine rings is 1. The van der Waals surface area contributed by atoms with E-state index in [1.165, 1.54) is 18.4 Å². The number of hydrogen-bond donors (Lipinski definition) is 2. The highest BCUT2D eigenvalue weighted by Crippen LogP contribution is 2.20. The first-order chi connectivity index (χ1) is 14.2. The van der Waals surface area contributed by atoms with E-state index in [9.17, 15) is 0 Å². The summed E-state index contributed by atoms with van der Waals surface area (Å²) < 4.78 is 16.1. The number of aryl methyl sites for hydroxylation is 1. The Morgan fingerprint density at radius 1 is 1.10 bits per heavy atom. The molecular weight excluding hydrogens is 368 g/mol. The number of benzene rings is 1. The molecule has 0 saturated carbocycles. The minimum absolute atomic E-state index is 0.545. The average molecular weight is 407 g/mol. The van der Waals surface area contributed by atoms with Crippen molar-refractivity contribution in [3.8, 4) is 5.75 Å². The Morgan fingerprint density at radius 3 is 2.55 bits per heavy atom. The van der Waals surface area contributed by atoms with E-state index in [2.05, 4.69) is 45.6 Å². The molecule has 1 saturated heterocycles. The Labute approximate surface area is 175 Å². The fraction of sp³-hybridized carbons (Fsp3) is 0.682. The Kier molecular flexibility index (Phi) is 10.8. The topological polar surface area (TPSA) is 67.4 Å². The summed E-state index contributed by atoms with van der Waals surface area (Å²) in [5, 5.41) is 6.90. The number of guanidine groups is 1. The summed E-state index contributed by atoms with van der Waals surface area (Å²) in [6.07, 6.45) is 2.42. The molecule has 0 unspecified atom stereocenters. The zero-order valence-corrected chi connectivity index (χ0v) is 18.5. The van der Waals surface area contributed by atoms with Gasteiger partial charge in [-0.3, -0.25) is 4.99 Å². The number of nitrogens with one attached hydrogen (secondary N) is 2. The number of likely N-dealkylation sites (tertiary alicyclic amines) is 1. The molecule has 0 radical (unpaired) electrons. The third-order valence-electron chi connectivity index (χ3n) is 5.31. The van der Waals surface area contributed by atoms with E-state index >= 15 is 0 Å². The van der Waals surface area contributed by atoms with Crippen LogP contribution in [0.3, 0.4) is 0 Å². The predicted molar refractivity (Wildman–Crippen MR) is 118 cm³/mol. The van der Waals surface area contributed by atoms with Gasteiger partial charge in [-0.2, -0.15) is 0 Å². The second-order valence-corrected chi connectivity index (χ2v) is 7.54. The lowest BCUT2D eigenvalue weighted by Gasteiger charge is -2.32. The number of rotatable bonds is 11. The summed E-state index contributed by atoms with van der Waals surface area (Å²) in [6.45, 7) is 8.95. The summed E-state index contributed by atoms with van der Waals surface area (Å²) in [7, 11) is 5.26. The van der Waals surface area contributed by atoms with Crippen LogP contribution in [0.4, 0.5) is 0 Å². The largest absolute Gasteiger partial charge is 0.491 e. The van der Waals surface area contributed by atoms with E-state index in [0.29, 0.717) is 25.7 Å². The number of hydrogen-bond acceptors (Lipinski definition) is 5. The molecule has 7 heteroatoms. The molecule has 1 aromatic carbocycles. The molecule has 1 aromatic rings. The van der Waals surface area contributed by atoms with Crippen LogP contribution >= 0.6 is 0 Å². The fourth-order valence-corrected chi connectivity index (χ4v) is 3.45. The van der Waals surface area contributed by atoms with Gasteiger partial charge in [-0.1, -0.05) is 12.1 Å². The Morgan fingerprint density at radius 2 is 1.86 bits per heavy atom. The second kappa shape index (κ2) is 13.4. The summed E-state index contributed by atoms with van der Waals surface area (Å²) >= 11 is 0. The van der Waals surface area contributed by atoms with Gasteiger partial charge in [0.2, 0.25) is 0 Å². The van der Waals surface area contributed by atoms with Gasteiger partial charge in [0.05, 0.1) is 13.2 Å². The molecule has 0 amide bonds. The van der Waals surface area contributed by atoms with Crippen LogP contribution in [-0.4, -0.2) is 78.1 Å². The molecule has 1 aliphatic rings. The van der Waals surface area contributed by atoms with Gasteiger partial charge < -0.3 is 29.7 Å². The minimum Gasteiger partial charge on any atom is -0.491 e. The summed E-state index contributed by atoms with van der Waals surface area (Å²) in [5.74, 6) is 2.41. The molecule has 0 aromatic heterocycles. The molecule has 1 fully saturated rings. The van der Waals surface area contributed by atoms with Crippen molar-refractivity contribution in [2.24, 2.45) is 10.9 Å². The van der Waals surface area contributed by atoms with Gasteiger partial charge in [0.1, 0.15) is 12.4 Å². The highest BCUT2D eigenvalue weighted by Gasteiger charge is 2.19. The number of aliphatic imine (C=N–C) groups is 1. The quantitative estimate of drug-likeness (QED) is 0.333. The molecule has 164 valence electrons. The van der Waals surface area contributed by atoms with Crippen molar-refractivity contribution in [1.82, 2.24) is 15.5 Å². The molecule has 1 heterocycles. The molecule has 0 bridgehead atoms. The molecule has 0 spiro atoms. The van der Waals surface area contributed by atoms with Gasteiger partial charge in [-0.15, -0.1) is 0 Å². The van der Waals surface area contributed by atoms with Crippen molar-refractivity contribution >= 4 is 5.96 Å². The van der Waals surface area contributed by atoms with Gasteiger partial charge in [-0.05, 0) is 50.4 Å². The van der Waals surface area contributed by atoms with Crippen LogP contribution in [0.25, 0.3) is 0 Å². The van der Waals surface area contributed by atoms with Crippen LogP contribution < -0.4 is 15.4 Å². The lowest BCUT2D eigenvalue weighted by Crippen LogP contribution is -2.43. The van der Waals surface area contributed by atoms with E-state index in [0.717, 1.165) is 50.1 Å². The van der Waals surface area contributed by atoms with Crippen LogP contribution in [0.5, 0.6) is 5.75 Å². The van der Waals surface area contributed by atoms with Crippen LogP contribution in [-0.2, 0) is 16.0 Å². The fourth-order valence-electron chi connectivity index (χ4n) is 3.45. The standard InChI is InChI=1S/C22H38N4O3/c1-18-5-6-20(21(15-18)29-14-13-28-4)17-25-22(23-2)24-16-19-7-9-26(10-8-19)11-12-27-3/h5-6,15,19H,7-14,16-17H2,1-4H3,(H2,23,24,25). The smallest absolute Gasteiger partial charge is 0.191 e. The molecule has 7 nitrogen and oxygen atoms in total. The molecule has 1 aliphatic heterocycles. The summed E-state index contributed by atoms with van der Waals surface area (Å²) in [4.78, 5) is 6.85. The average Bonchev–Trinajstić information content (AvgIpc) is 2.74. The lowest BCUT2D eigenvalue weighted by atomic mass is 9.97. The third kappa shape index (κ3) is 8.60. The number of methoxy groups -OCH3 is 2. The number of ether oxygens (including phenoxy) is 3. The molecular formula is C22H38N4O3. The number of nitrogens with zero attached hydrogens (tertiary/aromatic N) is 2. The first-order valence-corrected chi connectivity index (χ1v) is 10.5. The Hall–Kier alpha value is -1.83. The SMILES string of the molecule is CN=C(NCc1ccc(C)cc1OCCOC)NCC1CCN(CCOC)CC1. The van der Waals surface area contributed by atoms with Crippen LogP contribution in [0.2, 0.25) is 0 Å². The van der Waals surface area contributed by atoms with E-state index < -0.39 is 0 Å². The lowest BCUT2D eigenvalue weighted by molar-refractivity contribution is 0.121. The molecule has 29 heavy (non-hydrogen) atoms. The first-order valence-electron chi connectivity index (χ1n) is 10.5. The first kappa shape index (κ1) is 23.4. The highest BCUT2D eigenvalue weighted by atomic mass is 16.5. The van der Waals surface area contributed by atoms with E-state index in [1.807, 2.05) is 7.05 Å². The van der Waals surface area contributed by atoms with E-state index in [1.54, 1.807) is 14.2 Å². The van der Waals surface area contributed by atoms with Gasteiger partial charge in [-0.25, -0.2) is 0 Å². The van der Waals surface area contributed by atoms with Crippen molar-refractivity contribution in [2.75, 3.05) is 67.3 Å². The Bertz CT molecular complexity index is 616. The maximum Gasteiger partial charge on any atom is 0.191 e. The normalized spacial score (nSPS) is 16.1. The zero-order valence-electron chi connectivity index (χ0n) is 18.5. The molecule has 0 aliphatic carbocycles. The van der Waals surface area contributed by atoms with Gasteiger partial charge in [0, 0.05) is 46.5 Å². The second-order valence-electron chi connectivity index (χ2n) is 7.54. The third-order valence-corrected chi connectivity index (χ3v) is 5.31. The molecule has 0 atom stereocenters. The van der Waals surface area contributed by atoms with E-state index in [4.69, 9.17) is 14.2 Å². The van der Waals surface area contributed by atoms with Crippen molar-refractivity contribution < 1.29 is 14.2 Å². The highest BCUT2D eigenvalue weighted by molar-refractivity contribution is 5.79. The maximum atomic E-state index is 5.88.